The number of ketones is 3. The van der Waals surface area contributed by atoms with Crippen molar-refractivity contribution in [2.45, 2.75) is 101 Å². The number of Topliss-reactive ketones (excluding diaryl/α,β-unsaturated/α-hetero) is 3. The third-order valence-electron chi connectivity index (χ3n) is 5.05. The highest BCUT2D eigenvalue weighted by atomic mass is 16.6. The number of allylic oxidation sites excluding steroid dienone is 1. The second kappa shape index (κ2) is 13.5. The van der Waals surface area contributed by atoms with Crippen LogP contribution >= 0.6 is 0 Å². The van der Waals surface area contributed by atoms with Crippen LogP contribution in [0.5, 0.6) is 0 Å². The van der Waals surface area contributed by atoms with E-state index in [1.807, 2.05) is 48.5 Å². The minimum absolute atomic E-state index is 0.0103. The molecule has 0 fully saturated rings. The van der Waals surface area contributed by atoms with Gasteiger partial charge in [-0.3, -0.25) is 19.2 Å². The Labute approximate surface area is 194 Å². The topological polar surface area (TPSA) is 97.7 Å². The van der Waals surface area contributed by atoms with Crippen LogP contribution in [-0.4, -0.2) is 28.4 Å². The standard InChI is InChI=1S/C26H44O6/c1-16(2)10-12-19(14-20(27)13-11-17(3)4)24(30)22(23(29)18(5)6)25(31)32-21(28)15-26(7,8)9/h16-19,31H,10-15H2,1-9H3/b25-22-/t19-/m1/s1. The molecule has 0 aliphatic heterocycles. The fraction of sp³-hybridized carbons (Fsp3) is 0.769. The molecule has 0 aromatic heterocycles. The van der Waals surface area contributed by atoms with Crippen molar-refractivity contribution < 1.29 is 29.0 Å². The summed E-state index contributed by atoms with van der Waals surface area (Å²) >= 11 is 0. The molecule has 0 spiro atoms. The van der Waals surface area contributed by atoms with Crippen molar-refractivity contribution in [2.24, 2.45) is 29.1 Å². The number of hydrogen-bond acceptors (Lipinski definition) is 6. The fourth-order valence-corrected chi connectivity index (χ4v) is 3.14. The van der Waals surface area contributed by atoms with Gasteiger partial charge in [-0.05, 0) is 30.1 Å². The first kappa shape index (κ1) is 30.0. The van der Waals surface area contributed by atoms with E-state index in [4.69, 9.17) is 4.74 Å². The molecule has 0 unspecified atom stereocenters. The van der Waals surface area contributed by atoms with Crippen molar-refractivity contribution in [2.75, 3.05) is 0 Å². The SMILES string of the molecule is CC(C)CCC(=O)C[C@@H](CCC(C)C)C(=O)/C(C(=O)C(C)C)=C(/O)OC(=O)CC(C)(C)C. The number of rotatable bonds is 14. The lowest BCUT2D eigenvalue weighted by Crippen LogP contribution is -2.29. The van der Waals surface area contributed by atoms with Crippen LogP contribution in [0.25, 0.3) is 0 Å². The molecule has 1 atom stereocenters. The molecule has 0 saturated carbocycles. The molecule has 6 nitrogen and oxygen atoms in total. The van der Waals surface area contributed by atoms with Gasteiger partial charge in [-0.2, -0.15) is 0 Å². The molecule has 0 aliphatic rings. The van der Waals surface area contributed by atoms with Crippen molar-refractivity contribution in [3.8, 4) is 0 Å². The number of aliphatic hydroxyl groups excluding tert-OH is 1. The second-order valence-corrected chi connectivity index (χ2v) is 11.1. The zero-order chi connectivity index (χ0) is 25.2. The number of carbonyl (C=O) groups excluding carboxylic acids is 4. The second-order valence-electron chi connectivity index (χ2n) is 11.1. The van der Waals surface area contributed by atoms with E-state index >= 15 is 0 Å². The zero-order valence-corrected chi connectivity index (χ0v) is 21.5. The van der Waals surface area contributed by atoms with Crippen molar-refractivity contribution in [1.29, 1.82) is 0 Å². The maximum atomic E-state index is 13.4. The van der Waals surface area contributed by atoms with Gasteiger partial charge in [-0.25, -0.2) is 0 Å². The van der Waals surface area contributed by atoms with Gasteiger partial charge in [0, 0.05) is 24.7 Å². The number of ether oxygens (including phenoxy) is 1. The van der Waals surface area contributed by atoms with Crippen LogP contribution in [0.2, 0.25) is 0 Å². The maximum absolute atomic E-state index is 13.4. The third kappa shape index (κ3) is 12.2. The van der Waals surface area contributed by atoms with Gasteiger partial charge in [-0.15, -0.1) is 0 Å². The first-order chi connectivity index (χ1) is 14.5. The Morgan fingerprint density at radius 3 is 1.78 bits per heavy atom. The Hall–Kier alpha value is -1.98. The van der Waals surface area contributed by atoms with Gasteiger partial charge in [0.2, 0.25) is 0 Å². The minimum atomic E-state index is -0.952. The Kier molecular flexibility index (Phi) is 12.7. The van der Waals surface area contributed by atoms with Crippen LogP contribution in [0.3, 0.4) is 0 Å². The number of aliphatic hydroxyl groups is 1. The van der Waals surface area contributed by atoms with E-state index in [0.29, 0.717) is 31.1 Å². The summed E-state index contributed by atoms with van der Waals surface area (Å²) in [6, 6.07) is 0. The molecule has 6 heteroatoms. The molecule has 0 aromatic rings. The minimum Gasteiger partial charge on any atom is -0.480 e. The fourth-order valence-electron chi connectivity index (χ4n) is 3.14. The van der Waals surface area contributed by atoms with Crippen molar-refractivity contribution >= 4 is 23.3 Å². The maximum Gasteiger partial charge on any atom is 0.314 e. The van der Waals surface area contributed by atoms with Crippen LogP contribution in [0.4, 0.5) is 0 Å². The van der Waals surface area contributed by atoms with Gasteiger partial charge in [0.05, 0.1) is 6.42 Å². The van der Waals surface area contributed by atoms with Crippen LogP contribution in [0.1, 0.15) is 101 Å². The normalized spacial score (nSPS) is 13.9. The molecular formula is C26H44O6. The third-order valence-corrected chi connectivity index (χ3v) is 5.05. The summed E-state index contributed by atoms with van der Waals surface area (Å²) in [7, 11) is 0. The first-order valence-electron chi connectivity index (χ1n) is 11.8. The van der Waals surface area contributed by atoms with E-state index in [1.54, 1.807) is 13.8 Å². The molecule has 0 saturated heterocycles. The largest absolute Gasteiger partial charge is 0.480 e. The van der Waals surface area contributed by atoms with Crippen LogP contribution in [0, 0.1) is 29.1 Å². The summed E-state index contributed by atoms with van der Waals surface area (Å²) in [5, 5.41) is 10.5. The highest BCUT2D eigenvalue weighted by Crippen LogP contribution is 2.26. The van der Waals surface area contributed by atoms with Crippen LogP contribution < -0.4 is 0 Å². The molecule has 0 radical (unpaired) electrons. The molecule has 0 aliphatic carbocycles. The average Bonchev–Trinajstić information content (AvgIpc) is 2.61. The lowest BCUT2D eigenvalue weighted by Gasteiger charge is -2.20. The van der Waals surface area contributed by atoms with Crippen LogP contribution in [0.15, 0.2) is 11.5 Å². The predicted octanol–water partition coefficient (Wildman–Crippen LogP) is 5.98. The van der Waals surface area contributed by atoms with E-state index in [2.05, 4.69) is 0 Å². The summed E-state index contributed by atoms with van der Waals surface area (Å²) in [6.45, 7) is 16.8. The number of esters is 1. The quantitative estimate of drug-likeness (QED) is 0.114. The molecule has 0 aromatic carbocycles. The molecule has 0 heterocycles. The van der Waals surface area contributed by atoms with Gasteiger partial charge in [0.25, 0.3) is 5.95 Å². The molecule has 0 bridgehead atoms. The summed E-state index contributed by atoms with van der Waals surface area (Å²) in [6.07, 6.45) is 2.24. The monoisotopic (exact) mass is 452 g/mol. The van der Waals surface area contributed by atoms with E-state index in [9.17, 15) is 24.3 Å². The molecule has 184 valence electrons. The van der Waals surface area contributed by atoms with E-state index in [0.717, 1.165) is 6.42 Å². The average molecular weight is 453 g/mol. The predicted molar refractivity (Wildman–Crippen MR) is 126 cm³/mol. The lowest BCUT2D eigenvalue weighted by molar-refractivity contribution is -0.146. The zero-order valence-electron chi connectivity index (χ0n) is 21.5. The van der Waals surface area contributed by atoms with Crippen LogP contribution in [-0.2, 0) is 23.9 Å². The number of hydrogen-bond donors (Lipinski definition) is 1. The first-order valence-corrected chi connectivity index (χ1v) is 11.8. The number of carbonyl (C=O) groups is 4. The highest BCUT2D eigenvalue weighted by molar-refractivity contribution is 6.22. The Bertz CT molecular complexity index is 692. The Morgan fingerprint density at radius 2 is 1.34 bits per heavy atom. The van der Waals surface area contributed by atoms with Crippen molar-refractivity contribution in [1.82, 2.24) is 0 Å². The van der Waals surface area contributed by atoms with Crippen molar-refractivity contribution in [3.05, 3.63) is 11.5 Å². The van der Waals surface area contributed by atoms with Crippen molar-refractivity contribution in [3.63, 3.8) is 0 Å². The highest BCUT2D eigenvalue weighted by Gasteiger charge is 2.34. The Morgan fingerprint density at radius 1 is 0.812 bits per heavy atom. The molecule has 32 heavy (non-hydrogen) atoms. The van der Waals surface area contributed by atoms with Gasteiger partial charge in [-0.1, -0.05) is 68.7 Å². The van der Waals surface area contributed by atoms with E-state index < -0.39 is 40.9 Å². The summed E-state index contributed by atoms with van der Waals surface area (Å²) < 4.78 is 5.01. The summed E-state index contributed by atoms with van der Waals surface area (Å²) in [4.78, 5) is 51.0. The van der Waals surface area contributed by atoms with Gasteiger partial charge < -0.3 is 9.84 Å². The van der Waals surface area contributed by atoms with Gasteiger partial charge in [0.15, 0.2) is 11.6 Å². The Balaban J connectivity index is 5.94. The molecule has 0 amide bonds. The molecule has 1 N–H and O–H groups in total. The lowest BCUT2D eigenvalue weighted by atomic mass is 9.83. The smallest absolute Gasteiger partial charge is 0.314 e. The summed E-state index contributed by atoms with van der Waals surface area (Å²) in [5.74, 6) is -3.57. The van der Waals surface area contributed by atoms with Gasteiger partial charge >= 0.3 is 5.97 Å². The van der Waals surface area contributed by atoms with Gasteiger partial charge in [0.1, 0.15) is 11.4 Å². The molecule has 0 rings (SSSR count). The summed E-state index contributed by atoms with van der Waals surface area (Å²) in [5.41, 5.74) is -0.889. The van der Waals surface area contributed by atoms with E-state index in [-0.39, 0.29) is 24.0 Å². The van der Waals surface area contributed by atoms with E-state index in [1.165, 1.54) is 0 Å². The molecular weight excluding hydrogens is 408 g/mol.